The number of aromatic nitrogens is 4. The molecule has 90 valence electrons. The molecule has 0 spiro atoms. The summed E-state index contributed by atoms with van der Waals surface area (Å²) in [5, 5.41) is 1.29. The Hall–Kier alpha value is -2.27. The van der Waals surface area contributed by atoms with Crippen molar-refractivity contribution < 1.29 is 4.57 Å². The normalized spacial score (nSPS) is 13.1. The van der Waals surface area contributed by atoms with Crippen LogP contribution in [-0.4, -0.2) is 14.4 Å². The van der Waals surface area contributed by atoms with Crippen LogP contribution >= 0.6 is 11.3 Å². The van der Waals surface area contributed by atoms with Crippen LogP contribution in [0.2, 0.25) is 0 Å². The Labute approximate surface area is 112 Å². The van der Waals surface area contributed by atoms with Crippen molar-refractivity contribution >= 4 is 27.2 Å². The van der Waals surface area contributed by atoms with Gasteiger partial charge in [-0.1, -0.05) is 11.3 Å². The molecule has 0 unspecified atom stereocenters. The van der Waals surface area contributed by atoms with Gasteiger partial charge in [-0.2, -0.15) is 4.57 Å². The van der Waals surface area contributed by atoms with Crippen LogP contribution in [0.4, 0.5) is 0 Å². The molecule has 4 nitrogen and oxygen atoms in total. The number of thiazole rings is 1. The minimum Gasteiger partial charge on any atom is -0.300 e. The summed E-state index contributed by atoms with van der Waals surface area (Å²) in [7, 11) is 0. The van der Waals surface area contributed by atoms with Gasteiger partial charge in [-0.15, -0.1) is 0 Å². The highest BCUT2D eigenvalue weighted by Gasteiger charge is 2.33. The smallest absolute Gasteiger partial charge is 0.272 e. The van der Waals surface area contributed by atoms with Crippen molar-refractivity contribution in [2.24, 2.45) is 0 Å². The second-order valence-corrected chi connectivity index (χ2v) is 5.72. The molecule has 0 aliphatic carbocycles. The van der Waals surface area contributed by atoms with E-state index in [0.717, 1.165) is 12.2 Å². The van der Waals surface area contributed by atoms with Crippen molar-refractivity contribution in [3.8, 4) is 10.6 Å². The van der Waals surface area contributed by atoms with Crippen molar-refractivity contribution in [2.75, 3.05) is 0 Å². The van der Waals surface area contributed by atoms with E-state index in [0.29, 0.717) is 0 Å². The number of rotatable bonds is 0. The Kier molecular flexibility index (Phi) is 1.62. The van der Waals surface area contributed by atoms with Gasteiger partial charge < -0.3 is 4.40 Å². The van der Waals surface area contributed by atoms with Gasteiger partial charge in [0.05, 0.1) is 11.8 Å². The topological polar surface area (TPSA) is 34.1 Å². The van der Waals surface area contributed by atoms with Gasteiger partial charge in [-0.25, -0.2) is 4.98 Å². The van der Waals surface area contributed by atoms with Crippen LogP contribution in [0.25, 0.3) is 26.4 Å². The second-order valence-electron chi connectivity index (χ2n) is 4.72. The third-order valence-corrected chi connectivity index (χ3v) is 4.91. The zero-order valence-electron chi connectivity index (χ0n) is 9.95. The van der Waals surface area contributed by atoms with Crippen molar-refractivity contribution in [1.82, 2.24) is 14.4 Å². The fourth-order valence-electron chi connectivity index (χ4n) is 2.80. The maximum absolute atomic E-state index is 4.48. The molecular weight excluding hydrogens is 256 g/mol. The summed E-state index contributed by atoms with van der Waals surface area (Å²) in [6.07, 6.45) is 9.89. The summed E-state index contributed by atoms with van der Waals surface area (Å²) in [5.74, 6) is 0. The first-order valence-corrected chi connectivity index (χ1v) is 6.95. The molecule has 5 heterocycles. The lowest BCUT2D eigenvalue weighted by Crippen LogP contribution is -2.29. The van der Waals surface area contributed by atoms with Gasteiger partial charge >= 0.3 is 0 Å². The summed E-state index contributed by atoms with van der Waals surface area (Å²) >= 11 is 1.80. The van der Waals surface area contributed by atoms with E-state index in [2.05, 4.69) is 31.2 Å². The monoisotopic (exact) mass is 265 g/mol. The molecule has 4 aromatic rings. The predicted octanol–water partition coefficient (Wildman–Crippen LogP) is 2.26. The van der Waals surface area contributed by atoms with Crippen molar-refractivity contribution in [3.05, 3.63) is 48.7 Å². The third kappa shape index (κ3) is 1.11. The summed E-state index contributed by atoms with van der Waals surface area (Å²) in [6, 6.07) is 4.06. The highest BCUT2D eigenvalue weighted by Crippen LogP contribution is 2.36. The molecule has 0 aromatic carbocycles. The van der Waals surface area contributed by atoms with E-state index in [1.165, 1.54) is 26.4 Å². The van der Waals surface area contributed by atoms with Crippen LogP contribution in [0, 0.1) is 0 Å². The largest absolute Gasteiger partial charge is 0.300 e. The maximum atomic E-state index is 4.48. The van der Waals surface area contributed by atoms with Crippen LogP contribution in [0.5, 0.6) is 0 Å². The van der Waals surface area contributed by atoms with Crippen LogP contribution in [0.15, 0.2) is 43.1 Å². The Morgan fingerprint density at radius 3 is 3.32 bits per heavy atom. The highest BCUT2D eigenvalue weighted by atomic mass is 32.1. The molecule has 0 radical (unpaired) electrons. The molecule has 4 aromatic heterocycles. The average Bonchev–Trinajstić information content (AvgIpc) is 3.07. The van der Waals surface area contributed by atoms with Crippen LogP contribution in [0.3, 0.4) is 0 Å². The molecule has 0 bridgehead atoms. The van der Waals surface area contributed by atoms with Crippen LogP contribution in [-0.2, 0) is 6.54 Å². The van der Waals surface area contributed by atoms with Gasteiger partial charge in [0.1, 0.15) is 4.70 Å². The maximum Gasteiger partial charge on any atom is 0.272 e. The number of nitrogens with zero attached hydrogens (tertiary/aromatic N) is 4. The number of pyridine rings is 1. The van der Waals surface area contributed by atoms with Gasteiger partial charge in [-0.3, -0.25) is 4.98 Å². The summed E-state index contributed by atoms with van der Waals surface area (Å²) in [4.78, 5) is 8.73. The van der Waals surface area contributed by atoms with E-state index in [1.54, 1.807) is 11.3 Å². The predicted molar refractivity (Wildman–Crippen MR) is 73.1 cm³/mol. The average molecular weight is 265 g/mol. The van der Waals surface area contributed by atoms with Gasteiger partial charge in [-0.05, 0) is 12.1 Å². The minimum atomic E-state index is 0.935. The lowest BCUT2D eigenvalue weighted by Gasteiger charge is -1.90. The Bertz CT molecular complexity index is 951. The lowest BCUT2D eigenvalue weighted by atomic mass is 10.2. The third-order valence-electron chi connectivity index (χ3n) is 3.68. The van der Waals surface area contributed by atoms with E-state index in [4.69, 9.17) is 0 Å². The highest BCUT2D eigenvalue weighted by molar-refractivity contribution is 7.22. The van der Waals surface area contributed by atoms with Gasteiger partial charge in [0.15, 0.2) is 12.2 Å². The molecule has 5 heteroatoms. The first-order valence-electron chi connectivity index (χ1n) is 6.13. The first kappa shape index (κ1) is 9.63. The van der Waals surface area contributed by atoms with Gasteiger partial charge in [0.2, 0.25) is 5.52 Å². The van der Waals surface area contributed by atoms with Gasteiger partial charge in [0, 0.05) is 30.4 Å². The number of fused-ring (bicyclic) bond motifs is 7. The second kappa shape index (κ2) is 3.19. The van der Waals surface area contributed by atoms with E-state index < -0.39 is 0 Å². The van der Waals surface area contributed by atoms with E-state index in [9.17, 15) is 0 Å². The number of hydrogen-bond donors (Lipinski definition) is 0. The Morgan fingerprint density at radius 2 is 2.32 bits per heavy atom. The standard InChI is InChI=1S/C14H9N4S/c1-3-16-13-12-11(8-17(13)5-1)18-7-9-2-4-15-6-10(9)14(18)19-12/h1-6,8H,7H2/q+1. The first-order chi connectivity index (χ1) is 9.42. The minimum absolute atomic E-state index is 0.935. The molecule has 0 atom stereocenters. The van der Waals surface area contributed by atoms with Gasteiger partial charge in [0.25, 0.3) is 5.01 Å². The molecule has 19 heavy (non-hydrogen) atoms. The Balaban J connectivity index is 1.93. The van der Waals surface area contributed by atoms with Crippen molar-refractivity contribution in [2.45, 2.75) is 6.54 Å². The summed E-state index contributed by atoms with van der Waals surface area (Å²) < 4.78 is 5.71. The zero-order chi connectivity index (χ0) is 12.4. The molecule has 0 fully saturated rings. The molecule has 0 saturated heterocycles. The molecule has 0 amide bonds. The van der Waals surface area contributed by atoms with Crippen LogP contribution < -0.4 is 4.57 Å². The molecule has 5 rings (SSSR count). The quantitative estimate of drug-likeness (QED) is 0.402. The number of hydrogen-bond acceptors (Lipinski definition) is 3. The van der Waals surface area contributed by atoms with Crippen molar-refractivity contribution in [3.63, 3.8) is 0 Å². The summed E-state index contributed by atoms with van der Waals surface area (Å²) in [5.41, 5.74) is 4.91. The van der Waals surface area contributed by atoms with E-state index >= 15 is 0 Å². The Morgan fingerprint density at radius 1 is 1.32 bits per heavy atom. The van der Waals surface area contributed by atoms with Crippen LogP contribution in [0.1, 0.15) is 5.56 Å². The molecule has 1 aliphatic rings. The SMILES string of the molecule is c1cnc2c3sc4[n+](c3cn2c1)Cc1ccncc1-4. The zero-order valence-corrected chi connectivity index (χ0v) is 10.8. The molecule has 0 N–H and O–H groups in total. The fourth-order valence-corrected chi connectivity index (χ4v) is 4.08. The lowest BCUT2D eigenvalue weighted by molar-refractivity contribution is -0.642. The molecule has 0 saturated carbocycles. The summed E-state index contributed by atoms with van der Waals surface area (Å²) in [6.45, 7) is 0.935. The fraction of sp³-hybridized carbons (Fsp3) is 0.0714. The van der Waals surface area contributed by atoms with E-state index in [1.807, 2.05) is 30.9 Å². The molecule has 1 aliphatic heterocycles. The molecular formula is C14H9N4S+. The van der Waals surface area contributed by atoms with Crippen molar-refractivity contribution in [1.29, 1.82) is 0 Å². The van der Waals surface area contributed by atoms with E-state index in [-0.39, 0.29) is 0 Å².